The topological polar surface area (TPSA) is 84.2 Å². The number of hydrogen-bond acceptors (Lipinski definition) is 3. The van der Waals surface area contributed by atoms with Crippen molar-refractivity contribution in [1.29, 1.82) is 0 Å². The van der Waals surface area contributed by atoms with Crippen molar-refractivity contribution in [3.8, 4) is 0 Å². The van der Waals surface area contributed by atoms with E-state index in [1.165, 1.54) is 18.2 Å². The first kappa shape index (κ1) is 16.1. The van der Waals surface area contributed by atoms with Gasteiger partial charge in [-0.1, -0.05) is 6.92 Å². The second-order valence-electron chi connectivity index (χ2n) is 4.56. The fourth-order valence-electron chi connectivity index (χ4n) is 1.62. The van der Waals surface area contributed by atoms with Gasteiger partial charge in [-0.15, -0.1) is 0 Å². The van der Waals surface area contributed by atoms with Gasteiger partial charge < -0.3 is 16.4 Å². The van der Waals surface area contributed by atoms with E-state index in [2.05, 4.69) is 10.6 Å². The van der Waals surface area contributed by atoms with E-state index in [4.69, 9.17) is 5.73 Å². The zero-order valence-electron chi connectivity index (χ0n) is 11.7. The number of halogens is 1. The Kier molecular flexibility index (Phi) is 6.11. The van der Waals surface area contributed by atoms with E-state index < -0.39 is 17.8 Å². The van der Waals surface area contributed by atoms with Crippen LogP contribution in [0.15, 0.2) is 18.2 Å². The summed E-state index contributed by atoms with van der Waals surface area (Å²) >= 11 is 0. The maximum Gasteiger partial charge on any atom is 0.248 e. The first-order valence-corrected chi connectivity index (χ1v) is 6.55. The highest BCUT2D eigenvalue weighted by Gasteiger charge is 2.13. The maximum absolute atomic E-state index is 13.6. The van der Waals surface area contributed by atoms with Crippen molar-refractivity contribution < 1.29 is 14.0 Å². The largest absolute Gasteiger partial charge is 0.366 e. The lowest BCUT2D eigenvalue weighted by molar-refractivity contribution is -0.122. The summed E-state index contributed by atoms with van der Waals surface area (Å²) in [5.74, 6) is -1.19. The number of carbonyl (C=O) groups is 2. The summed E-state index contributed by atoms with van der Waals surface area (Å²) in [6.07, 6.45) is 0.855. The van der Waals surface area contributed by atoms with E-state index in [-0.39, 0.29) is 18.0 Å². The van der Waals surface area contributed by atoms with E-state index in [0.717, 1.165) is 6.42 Å². The van der Waals surface area contributed by atoms with Gasteiger partial charge in [-0.3, -0.25) is 9.59 Å². The second-order valence-corrected chi connectivity index (χ2v) is 4.56. The average Bonchev–Trinajstić information content (AvgIpc) is 2.43. The number of nitrogens with one attached hydrogen (secondary N) is 2. The van der Waals surface area contributed by atoms with Gasteiger partial charge in [-0.25, -0.2) is 4.39 Å². The molecule has 110 valence electrons. The first-order chi connectivity index (χ1) is 9.45. The van der Waals surface area contributed by atoms with Crippen molar-refractivity contribution in [1.82, 2.24) is 10.6 Å². The Labute approximate surface area is 117 Å². The molecule has 20 heavy (non-hydrogen) atoms. The van der Waals surface area contributed by atoms with Crippen LogP contribution in [0.1, 0.15) is 36.2 Å². The number of carbonyl (C=O) groups excluding carboxylic acids is 2. The molecule has 1 atom stereocenters. The molecule has 0 fully saturated rings. The van der Waals surface area contributed by atoms with Gasteiger partial charge in [0.15, 0.2) is 0 Å². The molecule has 1 rings (SSSR count). The molecule has 0 saturated heterocycles. The van der Waals surface area contributed by atoms with Crippen LogP contribution in [0, 0.1) is 5.82 Å². The molecule has 0 radical (unpaired) electrons. The van der Waals surface area contributed by atoms with E-state index in [1.54, 1.807) is 6.92 Å². The van der Waals surface area contributed by atoms with Gasteiger partial charge in [-0.2, -0.15) is 0 Å². The van der Waals surface area contributed by atoms with Crippen LogP contribution in [0.25, 0.3) is 0 Å². The molecule has 0 aliphatic carbocycles. The lowest BCUT2D eigenvalue weighted by Crippen LogP contribution is -2.42. The number of amides is 2. The molecule has 6 heteroatoms. The quantitative estimate of drug-likeness (QED) is 0.695. The van der Waals surface area contributed by atoms with Gasteiger partial charge in [0.1, 0.15) is 5.82 Å². The highest BCUT2D eigenvalue weighted by atomic mass is 19.1. The SMILES string of the molecule is CCCNC(=O)C(C)NCc1cc(C(N)=O)ccc1F. The minimum absolute atomic E-state index is 0.140. The van der Waals surface area contributed by atoms with Crippen molar-refractivity contribution in [2.45, 2.75) is 32.9 Å². The summed E-state index contributed by atoms with van der Waals surface area (Å²) in [5, 5.41) is 5.65. The summed E-state index contributed by atoms with van der Waals surface area (Å²) < 4.78 is 13.6. The van der Waals surface area contributed by atoms with Gasteiger partial charge in [0.2, 0.25) is 11.8 Å². The smallest absolute Gasteiger partial charge is 0.248 e. The van der Waals surface area contributed by atoms with Crippen LogP contribution in [-0.4, -0.2) is 24.4 Å². The molecule has 0 aliphatic heterocycles. The predicted octanol–water partition coefficient (Wildman–Crippen LogP) is 0.929. The fraction of sp³-hybridized carbons (Fsp3) is 0.429. The minimum atomic E-state index is -0.611. The molecule has 1 unspecified atom stereocenters. The number of nitrogens with two attached hydrogens (primary N) is 1. The lowest BCUT2D eigenvalue weighted by Gasteiger charge is -2.14. The highest BCUT2D eigenvalue weighted by molar-refractivity contribution is 5.92. The van der Waals surface area contributed by atoms with Crippen LogP contribution in [0.2, 0.25) is 0 Å². The molecule has 0 bridgehead atoms. The molecule has 0 aliphatic rings. The molecule has 2 amide bonds. The van der Waals surface area contributed by atoms with Gasteiger partial charge in [0, 0.05) is 24.2 Å². The zero-order valence-corrected chi connectivity index (χ0v) is 11.7. The molecule has 0 spiro atoms. The van der Waals surface area contributed by atoms with Crippen LogP contribution in [0.4, 0.5) is 4.39 Å². The molecule has 4 N–H and O–H groups in total. The highest BCUT2D eigenvalue weighted by Crippen LogP contribution is 2.10. The Hall–Kier alpha value is -1.95. The minimum Gasteiger partial charge on any atom is -0.366 e. The van der Waals surface area contributed by atoms with Crippen LogP contribution < -0.4 is 16.4 Å². The molecular formula is C14H20FN3O2. The average molecular weight is 281 g/mol. The second kappa shape index (κ2) is 7.59. The van der Waals surface area contributed by atoms with Crippen LogP contribution >= 0.6 is 0 Å². The van der Waals surface area contributed by atoms with Gasteiger partial charge in [-0.05, 0) is 31.5 Å². The van der Waals surface area contributed by atoms with Crippen LogP contribution in [0.5, 0.6) is 0 Å². The van der Waals surface area contributed by atoms with E-state index in [9.17, 15) is 14.0 Å². The Balaban J connectivity index is 2.62. The summed E-state index contributed by atoms with van der Waals surface area (Å²) in [6, 6.07) is 3.47. The summed E-state index contributed by atoms with van der Waals surface area (Å²) in [4.78, 5) is 22.7. The number of hydrogen-bond donors (Lipinski definition) is 3. The molecule has 0 aromatic heterocycles. The van der Waals surface area contributed by atoms with Gasteiger partial charge >= 0.3 is 0 Å². The molecular weight excluding hydrogens is 261 g/mol. The van der Waals surface area contributed by atoms with Crippen molar-refractivity contribution in [3.63, 3.8) is 0 Å². The third kappa shape index (κ3) is 4.62. The van der Waals surface area contributed by atoms with E-state index in [1.807, 2.05) is 6.92 Å². The van der Waals surface area contributed by atoms with Crippen molar-refractivity contribution in [2.75, 3.05) is 6.54 Å². The Bertz CT molecular complexity index is 491. The molecule has 0 saturated carbocycles. The Morgan fingerprint density at radius 3 is 2.70 bits per heavy atom. The number of rotatable bonds is 7. The fourth-order valence-corrected chi connectivity index (χ4v) is 1.62. The molecule has 5 nitrogen and oxygen atoms in total. The van der Waals surface area contributed by atoms with Crippen molar-refractivity contribution in [3.05, 3.63) is 35.1 Å². The normalized spacial score (nSPS) is 11.9. The van der Waals surface area contributed by atoms with Gasteiger partial charge in [0.25, 0.3) is 0 Å². The maximum atomic E-state index is 13.6. The lowest BCUT2D eigenvalue weighted by atomic mass is 10.1. The molecule has 1 aromatic carbocycles. The molecule has 0 heterocycles. The first-order valence-electron chi connectivity index (χ1n) is 6.55. The van der Waals surface area contributed by atoms with E-state index >= 15 is 0 Å². The van der Waals surface area contributed by atoms with E-state index in [0.29, 0.717) is 12.1 Å². The van der Waals surface area contributed by atoms with Crippen molar-refractivity contribution in [2.24, 2.45) is 5.73 Å². The third-order valence-electron chi connectivity index (χ3n) is 2.87. The van der Waals surface area contributed by atoms with Gasteiger partial charge in [0.05, 0.1) is 6.04 Å². The van der Waals surface area contributed by atoms with Crippen LogP contribution in [-0.2, 0) is 11.3 Å². The monoisotopic (exact) mass is 281 g/mol. The zero-order chi connectivity index (χ0) is 15.1. The summed E-state index contributed by atoms with van der Waals surface area (Å²) in [6.45, 7) is 4.41. The Morgan fingerprint density at radius 1 is 1.40 bits per heavy atom. The predicted molar refractivity (Wildman–Crippen MR) is 74.5 cm³/mol. The molecule has 1 aromatic rings. The third-order valence-corrected chi connectivity index (χ3v) is 2.87. The summed E-state index contributed by atoms with van der Waals surface area (Å²) in [7, 11) is 0. The van der Waals surface area contributed by atoms with Crippen molar-refractivity contribution >= 4 is 11.8 Å². The Morgan fingerprint density at radius 2 is 2.10 bits per heavy atom. The van der Waals surface area contributed by atoms with Crippen LogP contribution in [0.3, 0.4) is 0 Å². The summed E-state index contributed by atoms with van der Waals surface area (Å²) in [5.41, 5.74) is 5.69. The number of primary amides is 1. The number of benzene rings is 1. The standard InChI is InChI=1S/C14H20FN3O2/c1-3-6-17-14(20)9(2)18-8-11-7-10(13(16)19)4-5-12(11)15/h4-5,7,9,18H,3,6,8H2,1-2H3,(H2,16,19)(H,17,20).